The summed E-state index contributed by atoms with van der Waals surface area (Å²) in [7, 11) is 1.89. The minimum atomic E-state index is -0.0119. The summed E-state index contributed by atoms with van der Waals surface area (Å²) < 4.78 is 5.89. The maximum atomic E-state index is 12.7. The van der Waals surface area contributed by atoms with Gasteiger partial charge in [-0.15, -0.1) is 23.7 Å². The number of thiazole rings is 1. The lowest BCUT2D eigenvalue weighted by Gasteiger charge is -2.58. The Labute approximate surface area is 149 Å². The van der Waals surface area contributed by atoms with Gasteiger partial charge in [-0.3, -0.25) is 4.79 Å². The first-order valence-electron chi connectivity index (χ1n) is 8.07. The molecule has 0 radical (unpaired) electrons. The van der Waals surface area contributed by atoms with Crippen molar-refractivity contribution in [2.75, 3.05) is 13.7 Å². The molecule has 1 aromatic rings. The number of ether oxygens (including phenoxy) is 1. The quantitative estimate of drug-likeness (QED) is 0.810. The molecule has 1 heterocycles. The first-order valence-corrected chi connectivity index (χ1v) is 8.95. The second kappa shape index (κ2) is 8.42. The fourth-order valence-electron chi connectivity index (χ4n) is 3.71. The van der Waals surface area contributed by atoms with Gasteiger partial charge in [-0.05, 0) is 26.2 Å². The van der Waals surface area contributed by atoms with Crippen molar-refractivity contribution in [2.24, 2.45) is 11.1 Å². The molecule has 2 unspecified atom stereocenters. The fourth-order valence-corrected chi connectivity index (χ4v) is 4.36. The predicted molar refractivity (Wildman–Crippen MR) is 96.2 cm³/mol. The summed E-state index contributed by atoms with van der Waals surface area (Å²) in [6, 6.07) is 0.217. The molecule has 5 nitrogen and oxygen atoms in total. The van der Waals surface area contributed by atoms with Gasteiger partial charge in [-0.25, -0.2) is 4.98 Å². The molecule has 0 bridgehead atoms. The van der Waals surface area contributed by atoms with Crippen molar-refractivity contribution >= 4 is 29.7 Å². The summed E-state index contributed by atoms with van der Waals surface area (Å²) in [5.74, 6) is -0.0119. The van der Waals surface area contributed by atoms with Crippen LogP contribution >= 0.6 is 23.7 Å². The van der Waals surface area contributed by atoms with Crippen LogP contribution in [0.15, 0.2) is 5.38 Å². The highest BCUT2D eigenvalue weighted by atomic mass is 35.5. The molecule has 0 spiro atoms. The van der Waals surface area contributed by atoms with Crippen molar-refractivity contribution in [3.8, 4) is 0 Å². The Kier molecular flexibility index (Phi) is 7.45. The average molecular weight is 362 g/mol. The highest BCUT2D eigenvalue weighted by molar-refractivity contribution is 7.09. The number of rotatable bonds is 7. The molecule has 0 aliphatic heterocycles. The van der Waals surface area contributed by atoms with E-state index in [1.165, 1.54) is 11.3 Å². The van der Waals surface area contributed by atoms with Crippen LogP contribution in [0.5, 0.6) is 0 Å². The largest absolute Gasteiger partial charge is 0.378 e. The smallest absolute Gasteiger partial charge is 0.273 e. The topological polar surface area (TPSA) is 68.5 Å². The number of nitrogens with two attached hydrogens (primary N) is 1. The van der Waals surface area contributed by atoms with Gasteiger partial charge in [-0.2, -0.15) is 0 Å². The van der Waals surface area contributed by atoms with Gasteiger partial charge in [0.15, 0.2) is 0 Å². The van der Waals surface area contributed by atoms with Gasteiger partial charge >= 0.3 is 0 Å². The van der Waals surface area contributed by atoms with E-state index in [1.54, 1.807) is 5.38 Å². The Bertz CT molecular complexity index is 519. The molecule has 132 valence electrons. The van der Waals surface area contributed by atoms with Crippen LogP contribution in [-0.4, -0.2) is 41.6 Å². The molecule has 2 N–H and O–H groups in total. The van der Waals surface area contributed by atoms with E-state index >= 15 is 0 Å². The number of hydrogen-bond donors (Lipinski definition) is 1. The molecule has 2 rings (SSSR count). The average Bonchev–Trinajstić information content (AvgIpc) is 3.00. The summed E-state index contributed by atoms with van der Waals surface area (Å²) in [5, 5.41) is 2.61. The van der Waals surface area contributed by atoms with E-state index in [4.69, 9.17) is 10.5 Å². The van der Waals surface area contributed by atoms with Gasteiger partial charge in [0.1, 0.15) is 10.7 Å². The SMILES string of the molecule is CCOC1CC(N(C)C(=O)c2csc(CN)n2)C1(CC)CC.Cl. The minimum Gasteiger partial charge on any atom is -0.378 e. The molecular weight excluding hydrogens is 334 g/mol. The zero-order valence-corrected chi connectivity index (χ0v) is 16.0. The van der Waals surface area contributed by atoms with E-state index in [9.17, 15) is 4.79 Å². The second-order valence-electron chi connectivity index (χ2n) is 5.88. The molecule has 1 amide bonds. The van der Waals surface area contributed by atoms with Crippen molar-refractivity contribution in [1.82, 2.24) is 9.88 Å². The molecule has 1 fully saturated rings. The number of carbonyl (C=O) groups is 1. The van der Waals surface area contributed by atoms with Gasteiger partial charge in [0.25, 0.3) is 5.91 Å². The third kappa shape index (κ3) is 3.55. The van der Waals surface area contributed by atoms with Gasteiger partial charge in [0.05, 0.1) is 6.10 Å². The number of carbonyl (C=O) groups excluding carboxylic acids is 1. The molecule has 0 saturated heterocycles. The summed E-state index contributed by atoms with van der Waals surface area (Å²) in [4.78, 5) is 18.9. The summed E-state index contributed by atoms with van der Waals surface area (Å²) in [6.07, 6.45) is 3.19. The lowest BCUT2D eigenvalue weighted by molar-refractivity contribution is -0.159. The van der Waals surface area contributed by atoms with E-state index in [1.807, 2.05) is 18.9 Å². The van der Waals surface area contributed by atoms with Crippen molar-refractivity contribution in [3.63, 3.8) is 0 Å². The molecule has 1 aliphatic rings. The van der Waals surface area contributed by atoms with Gasteiger partial charge < -0.3 is 15.4 Å². The summed E-state index contributed by atoms with van der Waals surface area (Å²) in [5.41, 5.74) is 6.15. The zero-order chi connectivity index (χ0) is 16.3. The van der Waals surface area contributed by atoms with Crippen LogP contribution in [0.25, 0.3) is 0 Å². The molecule has 1 aromatic heterocycles. The number of nitrogens with zero attached hydrogens (tertiary/aromatic N) is 2. The molecular formula is C16H28ClN3O2S. The summed E-state index contributed by atoms with van der Waals surface area (Å²) >= 11 is 1.44. The second-order valence-corrected chi connectivity index (χ2v) is 6.83. The summed E-state index contributed by atoms with van der Waals surface area (Å²) in [6.45, 7) is 7.51. The Morgan fingerprint density at radius 2 is 2.13 bits per heavy atom. The highest BCUT2D eigenvalue weighted by Gasteiger charge is 2.55. The Balaban J connectivity index is 0.00000264. The van der Waals surface area contributed by atoms with E-state index in [0.717, 1.165) is 30.9 Å². The maximum Gasteiger partial charge on any atom is 0.273 e. The number of hydrogen-bond acceptors (Lipinski definition) is 5. The third-order valence-corrected chi connectivity index (χ3v) is 6.03. The van der Waals surface area contributed by atoms with Crippen molar-refractivity contribution in [1.29, 1.82) is 0 Å². The number of aromatic nitrogens is 1. The molecule has 1 aliphatic carbocycles. The minimum absolute atomic E-state index is 0. The lowest BCUT2D eigenvalue weighted by Crippen LogP contribution is -2.64. The van der Waals surface area contributed by atoms with Crippen LogP contribution < -0.4 is 5.73 Å². The molecule has 23 heavy (non-hydrogen) atoms. The van der Waals surface area contributed by atoms with E-state index in [2.05, 4.69) is 18.8 Å². The van der Waals surface area contributed by atoms with Crippen LogP contribution in [0.3, 0.4) is 0 Å². The van der Waals surface area contributed by atoms with Crippen LogP contribution in [-0.2, 0) is 11.3 Å². The Morgan fingerprint density at radius 3 is 2.61 bits per heavy atom. The molecule has 2 atom stereocenters. The monoisotopic (exact) mass is 361 g/mol. The fraction of sp³-hybridized carbons (Fsp3) is 0.750. The van der Waals surface area contributed by atoms with Crippen molar-refractivity contribution < 1.29 is 9.53 Å². The van der Waals surface area contributed by atoms with Gasteiger partial charge in [0.2, 0.25) is 0 Å². The van der Waals surface area contributed by atoms with E-state index in [-0.39, 0.29) is 35.9 Å². The van der Waals surface area contributed by atoms with Crippen molar-refractivity contribution in [2.45, 2.75) is 58.7 Å². The first kappa shape index (κ1) is 20.4. The Morgan fingerprint density at radius 1 is 1.48 bits per heavy atom. The molecule has 0 aromatic carbocycles. The van der Waals surface area contributed by atoms with E-state index < -0.39 is 0 Å². The van der Waals surface area contributed by atoms with Crippen LogP contribution in [0.4, 0.5) is 0 Å². The van der Waals surface area contributed by atoms with Gasteiger partial charge in [-0.1, -0.05) is 13.8 Å². The predicted octanol–water partition coefficient (Wildman–Crippen LogP) is 3.08. The normalized spacial score (nSPS) is 22.1. The lowest BCUT2D eigenvalue weighted by atomic mass is 9.58. The maximum absolute atomic E-state index is 12.7. The van der Waals surface area contributed by atoms with Crippen LogP contribution in [0.1, 0.15) is 55.5 Å². The Hall–Kier alpha value is -0.690. The highest BCUT2D eigenvalue weighted by Crippen LogP contribution is 2.51. The van der Waals surface area contributed by atoms with Crippen LogP contribution in [0.2, 0.25) is 0 Å². The standard InChI is InChI=1S/C16H27N3O2S.ClH/c1-5-16(6-2)12(8-13(16)21-7-3)19(4)15(20)11-10-22-14(9-17)18-11;/h10,12-13H,5-9,17H2,1-4H3;1H. The van der Waals surface area contributed by atoms with Crippen LogP contribution in [0, 0.1) is 5.41 Å². The number of halogens is 1. The first-order chi connectivity index (χ1) is 10.5. The third-order valence-electron chi connectivity index (χ3n) is 5.16. The van der Waals surface area contributed by atoms with Crippen molar-refractivity contribution in [3.05, 3.63) is 16.1 Å². The van der Waals surface area contributed by atoms with E-state index in [0.29, 0.717) is 12.2 Å². The number of amides is 1. The zero-order valence-electron chi connectivity index (χ0n) is 14.4. The molecule has 1 saturated carbocycles. The molecule has 7 heteroatoms. The van der Waals surface area contributed by atoms with Gasteiger partial charge in [0, 0.05) is 37.0 Å².